The predicted molar refractivity (Wildman–Crippen MR) is 89.0 cm³/mol. The first-order chi connectivity index (χ1) is 11.5. The second-order valence-electron chi connectivity index (χ2n) is 5.91. The molecule has 2 N–H and O–H groups in total. The minimum absolute atomic E-state index is 0.157. The number of carbonyl (C=O) groups is 2. The van der Waals surface area contributed by atoms with Crippen molar-refractivity contribution in [2.45, 2.75) is 25.8 Å². The molecular weight excluding hydrogens is 306 g/mol. The zero-order valence-corrected chi connectivity index (χ0v) is 13.4. The summed E-state index contributed by atoms with van der Waals surface area (Å²) < 4.78 is 5.43. The maximum absolute atomic E-state index is 12.3. The molecule has 1 aliphatic rings. The van der Waals surface area contributed by atoms with E-state index in [9.17, 15) is 14.7 Å². The molecule has 1 atom stereocenters. The fourth-order valence-electron chi connectivity index (χ4n) is 2.87. The van der Waals surface area contributed by atoms with Crippen molar-refractivity contribution in [2.75, 3.05) is 6.61 Å². The molecule has 0 saturated heterocycles. The van der Waals surface area contributed by atoms with Crippen molar-refractivity contribution in [1.82, 2.24) is 5.32 Å². The van der Waals surface area contributed by atoms with Crippen LogP contribution in [0, 0.1) is 6.92 Å². The van der Waals surface area contributed by atoms with Gasteiger partial charge in [0.1, 0.15) is 5.75 Å². The summed E-state index contributed by atoms with van der Waals surface area (Å²) in [5.41, 5.74) is 3.44. The second kappa shape index (κ2) is 6.74. The first-order valence-electron chi connectivity index (χ1n) is 7.87. The highest BCUT2D eigenvalue weighted by Gasteiger charge is 2.24. The number of aliphatic carboxylic acids is 1. The van der Waals surface area contributed by atoms with E-state index < -0.39 is 12.0 Å². The van der Waals surface area contributed by atoms with Gasteiger partial charge in [-0.25, -0.2) is 4.79 Å². The molecule has 1 unspecified atom stereocenters. The van der Waals surface area contributed by atoms with Gasteiger partial charge in [0.05, 0.1) is 13.0 Å². The first-order valence-corrected chi connectivity index (χ1v) is 7.87. The number of carbonyl (C=O) groups excluding carboxylic acids is 1. The fraction of sp³-hybridized carbons (Fsp3) is 0.263. The van der Waals surface area contributed by atoms with Gasteiger partial charge in [-0.2, -0.15) is 0 Å². The molecule has 24 heavy (non-hydrogen) atoms. The topological polar surface area (TPSA) is 75.6 Å². The van der Waals surface area contributed by atoms with E-state index in [4.69, 9.17) is 4.74 Å². The predicted octanol–water partition coefficient (Wildman–Crippen LogP) is 2.41. The summed E-state index contributed by atoms with van der Waals surface area (Å²) >= 11 is 0. The number of benzene rings is 2. The lowest BCUT2D eigenvalue weighted by Crippen LogP contribution is -2.34. The average molecular weight is 325 g/mol. The van der Waals surface area contributed by atoms with E-state index in [1.807, 2.05) is 31.2 Å². The average Bonchev–Trinajstić information content (AvgIpc) is 3.02. The number of rotatable bonds is 5. The van der Waals surface area contributed by atoms with Gasteiger partial charge in [0, 0.05) is 6.42 Å². The van der Waals surface area contributed by atoms with Crippen LogP contribution in [0.5, 0.6) is 5.75 Å². The lowest BCUT2D eigenvalue weighted by Gasteiger charge is -2.16. The van der Waals surface area contributed by atoms with Gasteiger partial charge < -0.3 is 15.2 Å². The molecule has 0 saturated carbocycles. The van der Waals surface area contributed by atoms with Crippen LogP contribution in [0.2, 0.25) is 0 Å². The molecule has 1 amide bonds. The summed E-state index contributed by atoms with van der Waals surface area (Å²) in [7, 11) is 0. The van der Waals surface area contributed by atoms with Crippen molar-refractivity contribution in [3.05, 3.63) is 64.7 Å². The summed E-state index contributed by atoms with van der Waals surface area (Å²) in [6.07, 6.45) is 0.914. The van der Waals surface area contributed by atoms with Crippen LogP contribution in [-0.4, -0.2) is 23.6 Å². The van der Waals surface area contributed by atoms with Crippen LogP contribution in [0.3, 0.4) is 0 Å². The zero-order valence-electron chi connectivity index (χ0n) is 13.4. The van der Waals surface area contributed by atoms with Crippen molar-refractivity contribution < 1.29 is 19.4 Å². The van der Waals surface area contributed by atoms with E-state index in [2.05, 4.69) is 5.32 Å². The van der Waals surface area contributed by atoms with Crippen molar-refractivity contribution in [3.8, 4) is 5.75 Å². The van der Waals surface area contributed by atoms with Gasteiger partial charge in [0.2, 0.25) is 5.91 Å². The van der Waals surface area contributed by atoms with Crippen LogP contribution in [0.1, 0.15) is 28.3 Å². The molecule has 124 valence electrons. The monoisotopic (exact) mass is 325 g/mol. The molecular formula is C19H19NO4. The zero-order chi connectivity index (χ0) is 17.1. The smallest absolute Gasteiger partial charge is 0.330 e. The molecule has 5 nitrogen and oxygen atoms in total. The Kier molecular flexibility index (Phi) is 4.51. The van der Waals surface area contributed by atoms with Crippen LogP contribution in [-0.2, 0) is 22.4 Å². The Balaban J connectivity index is 1.76. The summed E-state index contributed by atoms with van der Waals surface area (Å²) in [5, 5.41) is 12.1. The highest BCUT2D eigenvalue weighted by atomic mass is 16.5. The molecule has 0 radical (unpaired) electrons. The Morgan fingerprint density at radius 1 is 1.25 bits per heavy atom. The van der Waals surface area contributed by atoms with Gasteiger partial charge in [-0.3, -0.25) is 4.79 Å². The molecule has 3 rings (SSSR count). The lowest BCUT2D eigenvalue weighted by atomic mass is 10.0. The number of nitrogens with one attached hydrogen (secondary N) is 1. The summed E-state index contributed by atoms with van der Waals surface area (Å²) in [6, 6.07) is 11.8. The van der Waals surface area contributed by atoms with Gasteiger partial charge >= 0.3 is 5.97 Å². The number of hydrogen-bond donors (Lipinski definition) is 2. The van der Waals surface area contributed by atoms with Crippen LogP contribution in [0.25, 0.3) is 0 Å². The first kappa shape index (κ1) is 16.1. The Labute approximate surface area is 140 Å². The second-order valence-corrected chi connectivity index (χ2v) is 5.91. The van der Waals surface area contributed by atoms with Gasteiger partial charge in [0.15, 0.2) is 6.04 Å². The quantitative estimate of drug-likeness (QED) is 0.885. The molecule has 0 aromatic heterocycles. The van der Waals surface area contributed by atoms with E-state index in [-0.39, 0.29) is 12.3 Å². The fourth-order valence-corrected chi connectivity index (χ4v) is 2.87. The largest absolute Gasteiger partial charge is 0.493 e. The Morgan fingerprint density at radius 3 is 2.79 bits per heavy atom. The number of ether oxygens (including phenoxy) is 1. The number of carboxylic acid groups (broad SMARTS) is 1. The summed E-state index contributed by atoms with van der Waals surface area (Å²) in [5.74, 6) is -0.602. The van der Waals surface area contributed by atoms with E-state index >= 15 is 0 Å². The van der Waals surface area contributed by atoms with Crippen LogP contribution >= 0.6 is 0 Å². The van der Waals surface area contributed by atoms with E-state index in [1.165, 1.54) is 0 Å². The number of hydrogen-bond acceptors (Lipinski definition) is 3. The molecule has 0 fully saturated rings. The Morgan fingerprint density at radius 2 is 2.04 bits per heavy atom. The molecule has 2 aromatic carbocycles. The number of amides is 1. The molecule has 2 aromatic rings. The van der Waals surface area contributed by atoms with Crippen molar-refractivity contribution in [3.63, 3.8) is 0 Å². The normalized spacial score (nSPS) is 13.7. The van der Waals surface area contributed by atoms with Crippen LogP contribution < -0.4 is 10.1 Å². The van der Waals surface area contributed by atoms with E-state index in [0.29, 0.717) is 12.2 Å². The summed E-state index contributed by atoms with van der Waals surface area (Å²) in [6.45, 7) is 2.54. The molecule has 0 bridgehead atoms. The SMILES string of the molecule is Cc1ccccc1CC(=O)NC(C(=O)O)c1ccc2c(c1)CCO2. The Bertz CT molecular complexity index is 785. The third-order valence-corrected chi connectivity index (χ3v) is 4.21. The maximum atomic E-state index is 12.3. The van der Waals surface area contributed by atoms with E-state index in [0.717, 1.165) is 28.9 Å². The molecule has 1 aliphatic heterocycles. The Hall–Kier alpha value is -2.82. The van der Waals surface area contributed by atoms with Crippen molar-refractivity contribution in [2.24, 2.45) is 0 Å². The molecule has 1 heterocycles. The molecule has 0 aliphatic carbocycles. The standard InChI is InChI=1S/C19H19NO4/c1-12-4-2-3-5-13(12)11-17(21)20-18(19(22)23)15-6-7-16-14(10-15)8-9-24-16/h2-7,10,18H,8-9,11H2,1H3,(H,20,21)(H,22,23). The highest BCUT2D eigenvalue weighted by molar-refractivity contribution is 5.86. The number of carboxylic acids is 1. The minimum atomic E-state index is -1.08. The van der Waals surface area contributed by atoms with Crippen molar-refractivity contribution >= 4 is 11.9 Å². The lowest BCUT2D eigenvalue weighted by molar-refractivity contribution is -0.141. The maximum Gasteiger partial charge on any atom is 0.330 e. The van der Waals surface area contributed by atoms with Crippen LogP contribution in [0.15, 0.2) is 42.5 Å². The number of fused-ring (bicyclic) bond motifs is 1. The third kappa shape index (κ3) is 3.40. The van der Waals surface area contributed by atoms with Gasteiger partial charge in [-0.15, -0.1) is 0 Å². The van der Waals surface area contributed by atoms with Gasteiger partial charge in [-0.1, -0.05) is 30.3 Å². The van der Waals surface area contributed by atoms with Gasteiger partial charge in [-0.05, 0) is 41.3 Å². The van der Waals surface area contributed by atoms with Gasteiger partial charge in [0.25, 0.3) is 0 Å². The minimum Gasteiger partial charge on any atom is -0.493 e. The number of aryl methyl sites for hydroxylation is 1. The van der Waals surface area contributed by atoms with E-state index in [1.54, 1.807) is 18.2 Å². The molecule has 0 spiro atoms. The van der Waals surface area contributed by atoms with Crippen molar-refractivity contribution in [1.29, 1.82) is 0 Å². The summed E-state index contributed by atoms with van der Waals surface area (Å²) in [4.78, 5) is 23.9. The molecule has 5 heteroatoms. The van der Waals surface area contributed by atoms with Crippen LogP contribution in [0.4, 0.5) is 0 Å². The highest BCUT2D eigenvalue weighted by Crippen LogP contribution is 2.28. The third-order valence-electron chi connectivity index (χ3n) is 4.21.